The molecule has 0 bridgehead atoms. The van der Waals surface area contributed by atoms with Crippen molar-refractivity contribution in [3.05, 3.63) is 45.1 Å². The van der Waals surface area contributed by atoms with Gasteiger partial charge in [-0.1, -0.05) is 11.6 Å². The van der Waals surface area contributed by atoms with Gasteiger partial charge in [0.05, 0.1) is 9.23 Å². The molecule has 0 unspecified atom stereocenters. The van der Waals surface area contributed by atoms with E-state index in [0.29, 0.717) is 10.0 Å². The molecule has 2 rings (SSSR count). The van der Waals surface area contributed by atoms with Crippen LogP contribution in [0.25, 0.3) is 0 Å². The summed E-state index contributed by atoms with van der Waals surface area (Å²) in [6, 6.07) is 8.40. The molecule has 1 heterocycles. The van der Waals surface area contributed by atoms with Crippen LogP contribution >= 0.6 is 22.9 Å². The Morgan fingerprint density at radius 2 is 2.00 bits per heavy atom. The Bertz CT molecular complexity index is 705. The molecule has 0 aliphatic rings. The van der Waals surface area contributed by atoms with Crippen LogP contribution in [0.15, 0.2) is 35.2 Å². The van der Waals surface area contributed by atoms with E-state index in [-0.39, 0.29) is 11.4 Å². The Labute approximate surface area is 127 Å². The summed E-state index contributed by atoms with van der Waals surface area (Å²) < 4.78 is 26.9. The summed E-state index contributed by atoms with van der Waals surface area (Å²) >= 11 is 7.22. The molecule has 2 N–H and O–H groups in total. The molecule has 0 aliphatic carbocycles. The summed E-state index contributed by atoms with van der Waals surface area (Å²) in [6.45, 7) is 2.10. The van der Waals surface area contributed by atoms with Crippen LogP contribution < -0.4 is 5.73 Å². The lowest BCUT2D eigenvalue weighted by Gasteiger charge is -2.17. The van der Waals surface area contributed by atoms with Crippen molar-refractivity contribution in [1.29, 1.82) is 0 Å². The second-order valence-electron chi connectivity index (χ2n) is 4.55. The first-order chi connectivity index (χ1) is 9.29. The number of aryl methyl sites for hydroxylation is 1. The van der Waals surface area contributed by atoms with E-state index in [0.717, 1.165) is 10.4 Å². The molecular weight excluding hydrogens is 316 g/mol. The van der Waals surface area contributed by atoms with Crippen molar-refractivity contribution in [2.75, 3.05) is 12.8 Å². The third-order valence-electron chi connectivity index (χ3n) is 2.79. The SMILES string of the molecule is Cc1cc(N)cc(S(=O)(=O)N(C)Cc2ccc(Cl)s2)c1. The molecule has 0 amide bonds. The van der Waals surface area contributed by atoms with Crippen LogP contribution in [0, 0.1) is 6.92 Å². The average Bonchev–Trinajstić information content (AvgIpc) is 2.73. The van der Waals surface area contributed by atoms with Crippen LogP contribution in [0.1, 0.15) is 10.4 Å². The minimum Gasteiger partial charge on any atom is -0.399 e. The quantitative estimate of drug-likeness (QED) is 0.876. The number of anilines is 1. The van der Waals surface area contributed by atoms with Crippen LogP contribution in [0.3, 0.4) is 0 Å². The fourth-order valence-electron chi connectivity index (χ4n) is 1.85. The minimum absolute atomic E-state index is 0.208. The number of benzene rings is 1. The van der Waals surface area contributed by atoms with Gasteiger partial charge in [0.1, 0.15) is 0 Å². The predicted octanol–water partition coefficient (Wildman–Crippen LogP) is 3.11. The largest absolute Gasteiger partial charge is 0.399 e. The maximum absolute atomic E-state index is 12.5. The Kier molecular flexibility index (Phi) is 4.39. The Hall–Kier alpha value is -1.08. The van der Waals surface area contributed by atoms with Crippen molar-refractivity contribution >= 4 is 38.6 Å². The van der Waals surface area contributed by atoms with Crippen molar-refractivity contribution in [2.45, 2.75) is 18.4 Å². The topological polar surface area (TPSA) is 63.4 Å². The molecule has 20 heavy (non-hydrogen) atoms. The van der Waals surface area contributed by atoms with Crippen molar-refractivity contribution in [1.82, 2.24) is 4.31 Å². The standard InChI is InChI=1S/C13H15ClN2O2S2/c1-9-5-10(15)7-12(6-9)20(17,18)16(2)8-11-3-4-13(14)19-11/h3-7H,8,15H2,1-2H3. The maximum Gasteiger partial charge on any atom is 0.243 e. The normalized spacial score (nSPS) is 12.0. The maximum atomic E-state index is 12.5. The lowest BCUT2D eigenvalue weighted by atomic mass is 10.2. The van der Waals surface area contributed by atoms with E-state index in [1.54, 1.807) is 25.2 Å². The first-order valence-electron chi connectivity index (χ1n) is 5.87. The summed E-state index contributed by atoms with van der Waals surface area (Å²) in [5.74, 6) is 0. The van der Waals surface area contributed by atoms with Crippen molar-refractivity contribution in [2.24, 2.45) is 0 Å². The molecule has 0 saturated heterocycles. The van der Waals surface area contributed by atoms with Crippen molar-refractivity contribution in [3.63, 3.8) is 0 Å². The predicted molar refractivity (Wildman–Crippen MR) is 83.6 cm³/mol. The highest BCUT2D eigenvalue weighted by molar-refractivity contribution is 7.89. The van der Waals surface area contributed by atoms with E-state index in [4.69, 9.17) is 17.3 Å². The number of hydrogen-bond donors (Lipinski definition) is 1. The van der Waals surface area contributed by atoms with E-state index in [9.17, 15) is 8.42 Å². The van der Waals surface area contributed by atoms with Gasteiger partial charge in [-0.15, -0.1) is 11.3 Å². The Morgan fingerprint density at radius 3 is 2.55 bits per heavy atom. The lowest BCUT2D eigenvalue weighted by Crippen LogP contribution is -2.26. The average molecular weight is 331 g/mol. The second-order valence-corrected chi connectivity index (χ2v) is 8.39. The number of hydrogen-bond acceptors (Lipinski definition) is 4. The third kappa shape index (κ3) is 3.32. The number of thiophene rings is 1. The number of sulfonamides is 1. The van der Waals surface area contributed by atoms with Gasteiger partial charge in [0.2, 0.25) is 10.0 Å². The molecule has 0 radical (unpaired) electrons. The zero-order valence-corrected chi connectivity index (χ0v) is 13.5. The van der Waals surface area contributed by atoms with Gasteiger partial charge in [-0.3, -0.25) is 0 Å². The molecule has 0 fully saturated rings. The molecular formula is C13H15ClN2O2S2. The molecule has 1 aromatic heterocycles. The van der Waals surface area contributed by atoms with Gasteiger partial charge < -0.3 is 5.73 Å². The highest BCUT2D eigenvalue weighted by Crippen LogP contribution is 2.25. The smallest absolute Gasteiger partial charge is 0.243 e. The third-order valence-corrected chi connectivity index (χ3v) is 5.79. The first-order valence-corrected chi connectivity index (χ1v) is 8.50. The number of nitrogens with two attached hydrogens (primary N) is 1. The highest BCUT2D eigenvalue weighted by Gasteiger charge is 2.22. The summed E-state index contributed by atoms with van der Waals surface area (Å²) in [5, 5.41) is 0. The fourth-order valence-corrected chi connectivity index (χ4v) is 4.36. The number of nitrogens with zero attached hydrogens (tertiary/aromatic N) is 1. The van der Waals surface area contributed by atoms with Crippen LogP contribution in [-0.4, -0.2) is 19.8 Å². The number of halogens is 1. The van der Waals surface area contributed by atoms with Gasteiger partial charge in [-0.05, 0) is 42.8 Å². The Balaban J connectivity index is 2.29. The number of nitrogen functional groups attached to an aromatic ring is 1. The number of rotatable bonds is 4. The van der Waals surface area contributed by atoms with Crippen LogP contribution in [0.2, 0.25) is 4.34 Å². The molecule has 7 heteroatoms. The Morgan fingerprint density at radius 1 is 1.30 bits per heavy atom. The molecule has 0 spiro atoms. The van der Waals surface area contributed by atoms with Gasteiger partial charge in [-0.2, -0.15) is 4.31 Å². The summed E-state index contributed by atoms with van der Waals surface area (Å²) in [7, 11) is -2.01. The first kappa shape index (κ1) is 15.3. The molecule has 0 atom stereocenters. The molecule has 4 nitrogen and oxygen atoms in total. The minimum atomic E-state index is -3.56. The van der Waals surface area contributed by atoms with Gasteiger partial charge in [0.15, 0.2) is 0 Å². The molecule has 108 valence electrons. The second kappa shape index (κ2) is 5.73. The lowest BCUT2D eigenvalue weighted by molar-refractivity contribution is 0.469. The summed E-state index contributed by atoms with van der Waals surface area (Å²) in [4.78, 5) is 1.10. The molecule has 2 aromatic rings. The van der Waals surface area contributed by atoms with E-state index in [1.165, 1.54) is 21.7 Å². The molecule has 1 aromatic carbocycles. The monoisotopic (exact) mass is 330 g/mol. The van der Waals surface area contributed by atoms with Gasteiger partial charge >= 0.3 is 0 Å². The molecule has 0 saturated carbocycles. The summed E-state index contributed by atoms with van der Waals surface area (Å²) in [6.07, 6.45) is 0. The fraction of sp³-hybridized carbons (Fsp3) is 0.231. The summed E-state index contributed by atoms with van der Waals surface area (Å²) in [5.41, 5.74) is 6.97. The van der Waals surface area contributed by atoms with Crippen LogP contribution in [-0.2, 0) is 16.6 Å². The van der Waals surface area contributed by atoms with Gasteiger partial charge in [0, 0.05) is 24.2 Å². The van der Waals surface area contributed by atoms with Crippen LogP contribution in [0.4, 0.5) is 5.69 Å². The van der Waals surface area contributed by atoms with Gasteiger partial charge in [-0.25, -0.2) is 8.42 Å². The van der Waals surface area contributed by atoms with E-state index < -0.39 is 10.0 Å². The highest BCUT2D eigenvalue weighted by atomic mass is 35.5. The van der Waals surface area contributed by atoms with Crippen molar-refractivity contribution < 1.29 is 8.42 Å². The zero-order chi connectivity index (χ0) is 14.9. The molecule has 0 aliphatic heterocycles. The van der Waals surface area contributed by atoms with Gasteiger partial charge in [0.25, 0.3) is 0 Å². The van der Waals surface area contributed by atoms with E-state index in [2.05, 4.69) is 0 Å². The van der Waals surface area contributed by atoms with E-state index >= 15 is 0 Å². The van der Waals surface area contributed by atoms with Crippen molar-refractivity contribution in [3.8, 4) is 0 Å². The zero-order valence-electron chi connectivity index (χ0n) is 11.1. The van der Waals surface area contributed by atoms with E-state index in [1.807, 2.05) is 13.0 Å². The van der Waals surface area contributed by atoms with Crippen LogP contribution in [0.5, 0.6) is 0 Å².